The Morgan fingerprint density at radius 1 is 0.765 bits per heavy atom. The first kappa shape index (κ1) is 43.0. The van der Waals surface area contributed by atoms with E-state index in [0.717, 1.165) is 97.1 Å². The fourth-order valence-electron chi connectivity index (χ4n) is 11.8. The first-order valence-corrected chi connectivity index (χ1v) is 21.9. The number of fused-ring (bicyclic) bond motifs is 5. The molecule has 0 radical (unpaired) electrons. The van der Waals surface area contributed by atoms with Crippen molar-refractivity contribution in [2.24, 2.45) is 63.5 Å². The summed E-state index contributed by atoms with van der Waals surface area (Å²) in [5.74, 6) is 3.63. The molecule has 11 atom stereocenters. The molecule has 4 fully saturated rings. The summed E-state index contributed by atoms with van der Waals surface area (Å²) in [6.07, 6.45) is 20.4. The van der Waals surface area contributed by atoms with Gasteiger partial charge in [0.1, 0.15) is 0 Å². The van der Waals surface area contributed by atoms with Gasteiger partial charge in [0.15, 0.2) is 0 Å². The summed E-state index contributed by atoms with van der Waals surface area (Å²) in [6.45, 7) is 18.3. The molecular weight excluding hydrogens is 636 g/mol. The number of nitrogens with two attached hydrogens (primary N) is 3. The quantitative estimate of drug-likeness (QED) is 0.0874. The molecular formula is C43H82N4O4. The van der Waals surface area contributed by atoms with Crippen LogP contribution in [0, 0.1) is 46.3 Å². The predicted molar refractivity (Wildman–Crippen MR) is 210 cm³/mol. The SMILES string of the molecule is CCCCCN(CCCCC)C(=O)CC[C@@H](C)C1CC[C@H]2C3[C@H](OCCCN)CC4CC(OCCCN)CCC4(C)[C@H]3C[C@H](OCCCN)C12C. The summed E-state index contributed by atoms with van der Waals surface area (Å²) in [5, 5.41) is 0. The second-order valence-corrected chi connectivity index (χ2v) is 17.8. The summed E-state index contributed by atoms with van der Waals surface area (Å²) in [4.78, 5) is 15.9. The van der Waals surface area contributed by atoms with E-state index in [1.165, 1.54) is 44.9 Å². The minimum absolute atomic E-state index is 0.0569. The van der Waals surface area contributed by atoms with E-state index in [9.17, 15) is 4.79 Å². The number of unbranched alkanes of at least 4 members (excludes halogenated alkanes) is 4. The van der Waals surface area contributed by atoms with E-state index < -0.39 is 0 Å². The zero-order chi connectivity index (χ0) is 36.9. The van der Waals surface area contributed by atoms with Gasteiger partial charge in [0.05, 0.1) is 18.3 Å². The fraction of sp³-hybridized carbons (Fsp3) is 0.977. The highest BCUT2D eigenvalue weighted by Crippen LogP contribution is 2.69. The van der Waals surface area contributed by atoms with E-state index in [1.807, 2.05) is 0 Å². The number of amides is 1. The van der Waals surface area contributed by atoms with Crippen LogP contribution in [0.3, 0.4) is 0 Å². The van der Waals surface area contributed by atoms with E-state index in [0.29, 0.717) is 73.6 Å². The number of hydrogen-bond donors (Lipinski definition) is 3. The molecule has 6 unspecified atom stereocenters. The topological polar surface area (TPSA) is 126 Å². The summed E-state index contributed by atoms with van der Waals surface area (Å²) >= 11 is 0. The third-order valence-electron chi connectivity index (χ3n) is 14.7. The van der Waals surface area contributed by atoms with Crippen molar-refractivity contribution in [3.05, 3.63) is 0 Å². The van der Waals surface area contributed by atoms with Gasteiger partial charge < -0.3 is 36.3 Å². The highest BCUT2D eigenvalue weighted by molar-refractivity contribution is 5.76. The van der Waals surface area contributed by atoms with Crippen molar-refractivity contribution in [3.8, 4) is 0 Å². The molecule has 8 nitrogen and oxygen atoms in total. The van der Waals surface area contributed by atoms with Gasteiger partial charge in [-0.1, -0.05) is 60.3 Å². The lowest BCUT2D eigenvalue weighted by molar-refractivity contribution is -0.227. The van der Waals surface area contributed by atoms with Gasteiger partial charge in [-0.3, -0.25) is 4.79 Å². The Morgan fingerprint density at radius 2 is 1.39 bits per heavy atom. The number of rotatable bonds is 24. The highest BCUT2D eigenvalue weighted by atomic mass is 16.5. The van der Waals surface area contributed by atoms with Crippen molar-refractivity contribution in [3.63, 3.8) is 0 Å². The maximum absolute atomic E-state index is 13.7. The molecule has 0 aromatic carbocycles. The Labute approximate surface area is 313 Å². The van der Waals surface area contributed by atoms with Crippen LogP contribution in [0.25, 0.3) is 0 Å². The van der Waals surface area contributed by atoms with Gasteiger partial charge in [0.25, 0.3) is 0 Å². The van der Waals surface area contributed by atoms with Crippen LogP contribution in [0.2, 0.25) is 0 Å². The number of carbonyl (C=O) groups is 1. The highest BCUT2D eigenvalue weighted by Gasteiger charge is 2.66. The van der Waals surface area contributed by atoms with Crippen molar-refractivity contribution in [2.75, 3.05) is 52.5 Å². The second kappa shape index (κ2) is 21.4. The Bertz CT molecular complexity index is 991. The number of nitrogens with zero attached hydrogens (tertiary/aromatic N) is 1. The Kier molecular flexibility index (Phi) is 18.0. The molecule has 0 aromatic rings. The Balaban J connectivity index is 1.56. The van der Waals surface area contributed by atoms with Crippen molar-refractivity contribution in [1.29, 1.82) is 0 Å². The molecule has 6 N–H and O–H groups in total. The van der Waals surface area contributed by atoms with Crippen molar-refractivity contribution in [1.82, 2.24) is 4.90 Å². The lowest BCUT2D eigenvalue weighted by Gasteiger charge is -2.65. The maximum atomic E-state index is 13.7. The Morgan fingerprint density at radius 3 is 2.02 bits per heavy atom. The molecule has 4 aliphatic carbocycles. The maximum Gasteiger partial charge on any atom is 0.222 e. The molecule has 51 heavy (non-hydrogen) atoms. The average Bonchev–Trinajstić information content (AvgIpc) is 3.48. The van der Waals surface area contributed by atoms with Gasteiger partial charge in [-0.05, 0) is 144 Å². The largest absolute Gasteiger partial charge is 0.378 e. The van der Waals surface area contributed by atoms with Crippen molar-refractivity contribution >= 4 is 5.91 Å². The molecule has 0 saturated heterocycles. The number of ether oxygens (including phenoxy) is 3. The summed E-state index contributed by atoms with van der Waals surface area (Å²) in [7, 11) is 0. The van der Waals surface area contributed by atoms with Crippen LogP contribution in [-0.4, -0.2) is 81.7 Å². The van der Waals surface area contributed by atoms with E-state index in [2.05, 4.69) is 39.5 Å². The number of hydrogen-bond acceptors (Lipinski definition) is 7. The third kappa shape index (κ3) is 10.5. The van der Waals surface area contributed by atoms with Gasteiger partial charge in [-0.25, -0.2) is 0 Å². The normalized spacial score (nSPS) is 35.2. The van der Waals surface area contributed by atoms with Crippen LogP contribution in [0.15, 0.2) is 0 Å². The van der Waals surface area contributed by atoms with Crippen LogP contribution in [-0.2, 0) is 19.0 Å². The summed E-state index contributed by atoms with van der Waals surface area (Å²) in [6, 6.07) is 0. The zero-order valence-corrected chi connectivity index (χ0v) is 33.9. The first-order chi connectivity index (χ1) is 24.7. The minimum atomic E-state index is 0.0569. The molecule has 0 aromatic heterocycles. The lowest BCUT2D eigenvalue weighted by atomic mass is 9.43. The van der Waals surface area contributed by atoms with E-state index in [4.69, 9.17) is 31.4 Å². The summed E-state index contributed by atoms with van der Waals surface area (Å²) < 4.78 is 20.4. The molecule has 4 aliphatic rings. The summed E-state index contributed by atoms with van der Waals surface area (Å²) in [5.41, 5.74) is 18.1. The molecule has 0 heterocycles. The molecule has 0 aliphatic heterocycles. The van der Waals surface area contributed by atoms with Crippen LogP contribution in [0.1, 0.15) is 150 Å². The third-order valence-corrected chi connectivity index (χ3v) is 14.7. The van der Waals surface area contributed by atoms with Crippen molar-refractivity contribution < 1.29 is 19.0 Å². The molecule has 8 heteroatoms. The molecule has 0 spiro atoms. The van der Waals surface area contributed by atoms with E-state index in [-0.39, 0.29) is 23.0 Å². The first-order valence-electron chi connectivity index (χ1n) is 21.9. The van der Waals surface area contributed by atoms with Crippen molar-refractivity contribution in [2.45, 2.75) is 169 Å². The lowest BCUT2D eigenvalue weighted by Crippen LogP contribution is -2.63. The minimum Gasteiger partial charge on any atom is -0.378 e. The van der Waals surface area contributed by atoms with Crippen LogP contribution >= 0.6 is 0 Å². The van der Waals surface area contributed by atoms with Gasteiger partial charge in [0, 0.05) is 44.7 Å². The molecule has 0 bridgehead atoms. The van der Waals surface area contributed by atoms with Gasteiger partial charge >= 0.3 is 0 Å². The standard InChI is InChI=1S/C43H82N4O4/c1-6-8-10-24-47(25-11-9-7-2)40(48)18-15-32(3)35-16-17-36-41-37(31-39(43(35,36)5)51-28-14-23-46)42(4)20-19-34(49-26-12-21-44)29-33(42)30-38(41)50-27-13-22-45/h32-39,41H,6-31,44-46H2,1-5H3/t32-,33?,34?,35?,36+,37+,38-,39+,41?,42?,43?/m1/s1. The second-order valence-electron chi connectivity index (χ2n) is 17.8. The monoisotopic (exact) mass is 719 g/mol. The van der Waals surface area contributed by atoms with Gasteiger partial charge in [0.2, 0.25) is 5.91 Å². The average molecular weight is 719 g/mol. The van der Waals surface area contributed by atoms with Gasteiger partial charge in [-0.15, -0.1) is 0 Å². The molecule has 298 valence electrons. The fourth-order valence-corrected chi connectivity index (χ4v) is 11.8. The molecule has 4 rings (SSSR count). The van der Waals surface area contributed by atoms with Gasteiger partial charge in [-0.2, -0.15) is 0 Å². The predicted octanol–water partition coefficient (Wildman–Crippen LogP) is 7.69. The zero-order valence-electron chi connectivity index (χ0n) is 33.9. The number of carbonyl (C=O) groups excluding carboxylic acids is 1. The van der Waals surface area contributed by atoms with Crippen LogP contribution in [0.5, 0.6) is 0 Å². The molecule has 1 amide bonds. The molecule has 4 saturated carbocycles. The van der Waals surface area contributed by atoms with Crippen LogP contribution < -0.4 is 17.2 Å². The Hall–Kier alpha value is -0.770. The van der Waals surface area contributed by atoms with E-state index >= 15 is 0 Å². The van der Waals surface area contributed by atoms with E-state index in [1.54, 1.807) is 0 Å². The smallest absolute Gasteiger partial charge is 0.222 e. The van der Waals surface area contributed by atoms with Crippen LogP contribution in [0.4, 0.5) is 0 Å².